The van der Waals surface area contributed by atoms with Crippen molar-refractivity contribution in [3.63, 3.8) is 0 Å². The van der Waals surface area contributed by atoms with E-state index >= 15 is 0 Å². The third-order valence-electron chi connectivity index (χ3n) is 2.40. The first-order valence-electron chi connectivity index (χ1n) is 5.29. The molecular formula is C12H18FNOS. The molecule has 0 aliphatic rings. The predicted molar refractivity (Wildman–Crippen MR) is 66.3 cm³/mol. The minimum atomic E-state index is -0.391. The van der Waals surface area contributed by atoms with Crippen molar-refractivity contribution in [2.24, 2.45) is 0 Å². The molecule has 2 atom stereocenters. The zero-order chi connectivity index (χ0) is 12.1. The minimum absolute atomic E-state index is 0.0417. The Kier molecular flexibility index (Phi) is 5.25. The molecule has 1 aromatic carbocycles. The summed E-state index contributed by atoms with van der Waals surface area (Å²) in [7, 11) is 0. The number of halogens is 1. The van der Waals surface area contributed by atoms with E-state index in [0.29, 0.717) is 11.4 Å². The van der Waals surface area contributed by atoms with Gasteiger partial charge >= 0.3 is 0 Å². The number of rotatable bonds is 5. The van der Waals surface area contributed by atoms with Crippen molar-refractivity contribution in [1.82, 2.24) is 5.32 Å². The molecule has 1 rings (SSSR count). The van der Waals surface area contributed by atoms with E-state index in [9.17, 15) is 4.39 Å². The largest absolute Gasteiger partial charge is 0.392 e. The Balaban J connectivity index is 2.69. The molecule has 0 heterocycles. The van der Waals surface area contributed by atoms with Crippen molar-refractivity contribution >= 4 is 11.8 Å². The Labute approximate surface area is 100 Å². The summed E-state index contributed by atoms with van der Waals surface area (Å²) < 4.78 is 13.5. The number of aliphatic hydroxyl groups is 1. The van der Waals surface area contributed by atoms with Gasteiger partial charge in [-0.05, 0) is 37.8 Å². The molecule has 0 radical (unpaired) electrons. The standard InChI is InChI=1S/C12H18FNOS/c1-8(15)7-14-9(2)10-4-5-12(16-3)11(13)6-10/h4-6,8-9,14-15H,7H2,1-3H3/t8-,9?/m1/s1. The fourth-order valence-corrected chi connectivity index (χ4v) is 1.88. The molecule has 1 unspecified atom stereocenters. The summed E-state index contributed by atoms with van der Waals surface area (Å²) in [4.78, 5) is 0.659. The highest BCUT2D eigenvalue weighted by Gasteiger charge is 2.09. The number of aliphatic hydroxyl groups excluding tert-OH is 1. The molecular weight excluding hydrogens is 225 g/mol. The van der Waals surface area contributed by atoms with E-state index in [1.54, 1.807) is 19.1 Å². The Bertz CT molecular complexity index is 344. The quantitative estimate of drug-likeness (QED) is 0.780. The second-order valence-electron chi connectivity index (χ2n) is 3.87. The highest BCUT2D eigenvalue weighted by atomic mass is 32.2. The molecule has 1 aromatic rings. The first kappa shape index (κ1) is 13.5. The third-order valence-corrected chi connectivity index (χ3v) is 3.17. The summed E-state index contributed by atoms with van der Waals surface area (Å²) in [6.45, 7) is 4.18. The Hall–Kier alpha value is -0.580. The van der Waals surface area contributed by atoms with Gasteiger partial charge in [0.2, 0.25) is 0 Å². The van der Waals surface area contributed by atoms with E-state index in [-0.39, 0.29) is 11.9 Å². The molecule has 2 N–H and O–H groups in total. The van der Waals surface area contributed by atoms with Crippen LogP contribution in [-0.2, 0) is 0 Å². The molecule has 0 spiro atoms. The zero-order valence-electron chi connectivity index (χ0n) is 9.83. The van der Waals surface area contributed by atoms with Gasteiger partial charge in [-0.25, -0.2) is 4.39 Å². The predicted octanol–water partition coefficient (Wildman–Crippen LogP) is 2.58. The van der Waals surface area contributed by atoms with Crippen molar-refractivity contribution in [3.05, 3.63) is 29.6 Å². The second kappa shape index (κ2) is 6.23. The molecule has 0 saturated carbocycles. The maximum Gasteiger partial charge on any atom is 0.137 e. The van der Waals surface area contributed by atoms with E-state index in [0.717, 1.165) is 5.56 Å². The van der Waals surface area contributed by atoms with E-state index in [2.05, 4.69) is 5.32 Å². The van der Waals surface area contributed by atoms with Crippen LogP contribution in [0, 0.1) is 5.82 Å². The van der Waals surface area contributed by atoms with Crippen molar-refractivity contribution in [1.29, 1.82) is 0 Å². The number of nitrogens with one attached hydrogen (secondary N) is 1. The van der Waals surface area contributed by atoms with Gasteiger partial charge in [-0.2, -0.15) is 0 Å². The molecule has 16 heavy (non-hydrogen) atoms. The summed E-state index contributed by atoms with van der Waals surface area (Å²) in [6.07, 6.45) is 1.46. The van der Waals surface area contributed by atoms with Gasteiger partial charge in [-0.15, -0.1) is 11.8 Å². The van der Waals surface area contributed by atoms with Gasteiger partial charge < -0.3 is 10.4 Å². The highest BCUT2D eigenvalue weighted by Crippen LogP contribution is 2.22. The van der Waals surface area contributed by atoms with E-state index in [1.807, 2.05) is 19.2 Å². The summed E-state index contributed by atoms with van der Waals surface area (Å²) in [5.41, 5.74) is 0.899. The molecule has 4 heteroatoms. The molecule has 0 bridgehead atoms. The van der Waals surface area contributed by atoms with Gasteiger partial charge in [0.1, 0.15) is 5.82 Å². The van der Waals surface area contributed by atoms with Crippen LogP contribution in [0.25, 0.3) is 0 Å². The molecule has 0 aliphatic heterocycles. The molecule has 0 aliphatic carbocycles. The monoisotopic (exact) mass is 243 g/mol. The van der Waals surface area contributed by atoms with Crippen molar-refractivity contribution in [2.75, 3.05) is 12.8 Å². The lowest BCUT2D eigenvalue weighted by Gasteiger charge is -2.16. The third kappa shape index (κ3) is 3.77. The maximum absolute atomic E-state index is 13.5. The lowest BCUT2D eigenvalue weighted by atomic mass is 10.1. The van der Waals surface area contributed by atoms with Crippen LogP contribution < -0.4 is 5.32 Å². The van der Waals surface area contributed by atoms with Crippen molar-refractivity contribution in [2.45, 2.75) is 30.9 Å². The second-order valence-corrected chi connectivity index (χ2v) is 4.72. The van der Waals surface area contributed by atoms with E-state index in [4.69, 9.17) is 5.11 Å². The van der Waals surface area contributed by atoms with Crippen molar-refractivity contribution in [3.8, 4) is 0 Å². The van der Waals surface area contributed by atoms with Gasteiger partial charge in [0.25, 0.3) is 0 Å². The van der Waals surface area contributed by atoms with Gasteiger partial charge in [0.15, 0.2) is 0 Å². The molecule has 0 saturated heterocycles. The maximum atomic E-state index is 13.5. The van der Waals surface area contributed by atoms with Crippen LogP contribution in [0.3, 0.4) is 0 Å². The first-order valence-corrected chi connectivity index (χ1v) is 6.52. The van der Waals surface area contributed by atoms with Gasteiger partial charge in [-0.3, -0.25) is 0 Å². The normalized spacial score (nSPS) is 14.8. The molecule has 2 nitrogen and oxygen atoms in total. The lowest BCUT2D eigenvalue weighted by molar-refractivity contribution is 0.187. The molecule has 0 aromatic heterocycles. The average molecular weight is 243 g/mol. The zero-order valence-corrected chi connectivity index (χ0v) is 10.6. The van der Waals surface area contributed by atoms with Crippen LogP contribution in [-0.4, -0.2) is 24.0 Å². The molecule has 0 fully saturated rings. The summed E-state index contributed by atoms with van der Waals surface area (Å²) >= 11 is 1.40. The number of benzene rings is 1. The van der Waals surface area contributed by atoms with Crippen LogP contribution in [0.1, 0.15) is 25.5 Å². The fraction of sp³-hybridized carbons (Fsp3) is 0.500. The van der Waals surface area contributed by atoms with Gasteiger partial charge in [-0.1, -0.05) is 6.07 Å². The first-order chi connectivity index (χ1) is 7.54. The topological polar surface area (TPSA) is 32.3 Å². The Morgan fingerprint density at radius 1 is 1.44 bits per heavy atom. The van der Waals surface area contributed by atoms with Crippen LogP contribution in [0.4, 0.5) is 4.39 Å². The SMILES string of the molecule is CSc1ccc(C(C)NC[C@@H](C)O)cc1F. The van der Waals surface area contributed by atoms with Crippen LogP contribution >= 0.6 is 11.8 Å². The summed E-state index contributed by atoms with van der Waals surface area (Å²) in [5, 5.41) is 12.3. The lowest BCUT2D eigenvalue weighted by Crippen LogP contribution is -2.27. The van der Waals surface area contributed by atoms with E-state index < -0.39 is 6.10 Å². The van der Waals surface area contributed by atoms with Crippen LogP contribution in [0.5, 0.6) is 0 Å². The number of hydrogen-bond acceptors (Lipinski definition) is 3. The number of hydrogen-bond donors (Lipinski definition) is 2. The van der Waals surface area contributed by atoms with Crippen LogP contribution in [0.2, 0.25) is 0 Å². The van der Waals surface area contributed by atoms with Crippen molar-refractivity contribution < 1.29 is 9.50 Å². The summed E-state index contributed by atoms with van der Waals surface area (Å²) in [5.74, 6) is -0.185. The smallest absolute Gasteiger partial charge is 0.137 e. The summed E-state index contributed by atoms with van der Waals surface area (Å²) in [6, 6.07) is 5.29. The average Bonchev–Trinajstić information content (AvgIpc) is 2.25. The molecule has 0 amide bonds. The van der Waals surface area contributed by atoms with E-state index in [1.165, 1.54) is 11.8 Å². The fourth-order valence-electron chi connectivity index (χ4n) is 1.42. The molecule has 90 valence electrons. The minimum Gasteiger partial charge on any atom is -0.392 e. The highest BCUT2D eigenvalue weighted by molar-refractivity contribution is 7.98. The Morgan fingerprint density at radius 3 is 2.62 bits per heavy atom. The van der Waals surface area contributed by atoms with Crippen LogP contribution in [0.15, 0.2) is 23.1 Å². The van der Waals surface area contributed by atoms with Gasteiger partial charge in [0.05, 0.1) is 6.10 Å². The van der Waals surface area contributed by atoms with Gasteiger partial charge in [0, 0.05) is 17.5 Å². The Morgan fingerprint density at radius 2 is 2.12 bits per heavy atom. The number of thioether (sulfide) groups is 1.